The first-order valence-electron chi connectivity index (χ1n) is 7.12. The maximum atomic E-state index is 12.4. The van der Waals surface area contributed by atoms with E-state index in [-0.39, 0.29) is 18.4 Å². The number of hydrogen-bond donors (Lipinski definition) is 2. The number of rotatable bonds is 3. The Hall–Kier alpha value is -1.85. The summed E-state index contributed by atoms with van der Waals surface area (Å²) in [7, 11) is 0. The van der Waals surface area contributed by atoms with Crippen molar-refractivity contribution < 1.29 is 14.7 Å². The normalized spacial score (nSPS) is 26.6. The number of carbonyl (C=O) groups excluding carboxylic acids is 1. The molecule has 1 aliphatic carbocycles. The molecule has 0 bridgehead atoms. The molecule has 2 aliphatic rings. The molecule has 2 heterocycles. The van der Waals surface area contributed by atoms with Crippen LogP contribution in [0.3, 0.4) is 0 Å². The number of likely N-dealkylation sites (tertiary alicyclic amines) is 1. The lowest BCUT2D eigenvalue weighted by Gasteiger charge is -2.34. The summed E-state index contributed by atoms with van der Waals surface area (Å²) in [5.41, 5.74) is 1.43. The summed E-state index contributed by atoms with van der Waals surface area (Å²) in [6, 6.07) is 1.81. The van der Waals surface area contributed by atoms with Crippen LogP contribution in [-0.4, -0.2) is 45.2 Å². The van der Waals surface area contributed by atoms with E-state index in [1.165, 1.54) is 0 Å². The molecule has 0 spiro atoms. The van der Waals surface area contributed by atoms with E-state index < -0.39 is 11.9 Å². The van der Waals surface area contributed by atoms with E-state index in [2.05, 4.69) is 10.2 Å². The van der Waals surface area contributed by atoms with Crippen molar-refractivity contribution in [3.05, 3.63) is 17.5 Å². The van der Waals surface area contributed by atoms with Crippen LogP contribution in [0.25, 0.3) is 0 Å². The third-order valence-corrected chi connectivity index (χ3v) is 4.13. The van der Waals surface area contributed by atoms with Crippen molar-refractivity contribution in [2.45, 2.75) is 32.1 Å². The van der Waals surface area contributed by atoms with Crippen LogP contribution in [-0.2, 0) is 4.79 Å². The number of amides is 1. The Balaban J connectivity index is 1.72. The van der Waals surface area contributed by atoms with E-state index >= 15 is 0 Å². The van der Waals surface area contributed by atoms with Crippen molar-refractivity contribution in [1.82, 2.24) is 15.1 Å². The van der Waals surface area contributed by atoms with Gasteiger partial charge < -0.3 is 10.0 Å². The lowest BCUT2D eigenvalue weighted by Crippen LogP contribution is -2.45. The number of carboxylic acid groups (broad SMARTS) is 1. The maximum Gasteiger partial charge on any atom is 0.308 e. The van der Waals surface area contributed by atoms with Gasteiger partial charge >= 0.3 is 5.97 Å². The monoisotopic (exact) mass is 277 g/mol. The van der Waals surface area contributed by atoms with Crippen molar-refractivity contribution in [3.63, 3.8) is 0 Å². The molecule has 108 valence electrons. The van der Waals surface area contributed by atoms with Gasteiger partial charge in [0.1, 0.15) is 5.69 Å². The Labute approximate surface area is 117 Å². The molecule has 1 saturated carbocycles. The molecule has 1 aromatic heterocycles. The molecule has 3 rings (SSSR count). The zero-order chi connectivity index (χ0) is 14.3. The molecule has 6 nitrogen and oxygen atoms in total. The van der Waals surface area contributed by atoms with E-state index in [0.717, 1.165) is 18.5 Å². The fourth-order valence-corrected chi connectivity index (χ4v) is 2.91. The highest BCUT2D eigenvalue weighted by Crippen LogP contribution is 2.39. The third-order valence-electron chi connectivity index (χ3n) is 4.13. The average molecular weight is 277 g/mol. The van der Waals surface area contributed by atoms with Crippen LogP contribution in [0.5, 0.6) is 0 Å². The largest absolute Gasteiger partial charge is 0.481 e. The second-order valence-corrected chi connectivity index (χ2v) is 6.07. The molecule has 2 unspecified atom stereocenters. The number of carbonyl (C=O) groups is 2. The second-order valence-electron chi connectivity index (χ2n) is 6.07. The standard InChI is InChI=1S/C14H19N3O3/c1-8-4-10(14(19)20)7-17(6-8)13(18)12-5-11(15-16-12)9-2-3-9/h5,8-10H,2-4,6-7H2,1H3,(H,15,16)(H,19,20). The lowest BCUT2D eigenvalue weighted by atomic mass is 9.90. The van der Waals surface area contributed by atoms with Gasteiger partial charge in [-0.15, -0.1) is 0 Å². The summed E-state index contributed by atoms with van der Waals surface area (Å²) in [5, 5.41) is 16.2. The minimum atomic E-state index is -0.824. The number of nitrogens with one attached hydrogen (secondary N) is 1. The van der Waals surface area contributed by atoms with E-state index in [1.54, 1.807) is 4.90 Å². The highest BCUT2D eigenvalue weighted by molar-refractivity contribution is 5.92. The van der Waals surface area contributed by atoms with Gasteiger partial charge in [0.2, 0.25) is 0 Å². The van der Waals surface area contributed by atoms with Crippen molar-refractivity contribution in [2.24, 2.45) is 11.8 Å². The van der Waals surface area contributed by atoms with Crippen LogP contribution < -0.4 is 0 Å². The van der Waals surface area contributed by atoms with Crippen LogP contribution in [0.15, 0.2) is 6.07 Å². The number of aromatic nitrogens is 2. The summed E-state index contributed by atoms with van der Waals surface area (Å²) in [4.78, 5) is 25.2. The number of aliphatic carboxylic acids is 1. The molecule has 6 heteroatoms. The summed E-state index contributed by atoms with van der Waals surface area (Å²) in [6.07, 6.45) is 2.93. The molecule has 1 amide bonds. The fraction of sp³-hybridized carbons (Fsp3) is 0.643. The van der Waals surface area contributed by atoms with Gasteiger partial charge in [0.15, 0.2) is 0 Å². The Bertz CT molecular complexity index is 536. The molecule has 1 saturated heterocycles. The molecule has 2 fully saturated rings. The van der Waals surface area contributed by atoms with Crippen molar-refractivity contribution in [1.29, 1.82) is 0 Å². The molecular weight excluding hydrogens is 258 g/mol. The second kappa shape index (κ2) is 4.92. The number of piperidine rings is 1. The molecular formula is C14H19N3O3. The van der Waals surface area contributed by atoms with Gasteiger partial charge in [0.05, 0.1) is 5.92 Å². The van der Waals surface area contributed by atoms with Crippen LogP contribution >= 0.6 is 0 Å². The first-order valence-corrected chi connectivity index (χ1v) is 7.12. The highest BCUT2D eigenvalue weighted by atomic mass is 16.4. The number of nitrogens with zero attached hydrogens (tertiary/aromatic N) is 2. The third kappa shape index (κ3) is 2.55. The maximum absolute atomic E-state index is 12.4. The number of H-pyrrole nitrogens is 1. The Morgan fingerprint density at radius 3 is 2.80 bits per heavy atom. The Morgan fingerprint density at radius 1 is 1.40 bits per heavy atom. The number of aromatic amines is 1. The zero-order valence-electron chi connectivity index (χ0n) is 11.5. The van der Waals surface area contributed by atoms with Crippen molar-refractivity contribution in [2.75, 3.05) is 13.1 Å². The molecule has 2 atom stereocenters. The van der Waals surface area contributed by atoms with Gasteiger partial charge in [0, 0.05) is 24.7 Å². The molecule has 0 radical (unpaired) electrons. The van der Waals surface area contributed by atoms with Gasteiger partial charge in [-0.2, -0.15) is 5.10 Å². The zero-order valence-corrected chi connectivity index (χ0v) is 11.5. The highest BCUT2D eigenvalue weighted by Gasteiger charge is 2.33. The van der Waals surface area contributed by atoms with Crippen LogP contribution in [0.2, 0.25) is 0 Å². The molecule has 1 aromatic rings. The summed E-state index contributed by atoms with van der Waals surface area (Å²) >= 11 is 0. The van der Waals surface area contributed by atoms with Crippen LogP contribution in [0, 0.1) is 11.8 Å². The first-order chi connectivity index (χ1) is 9.54. The quantitative estimate of drug-likeness (QED) is 0.876. The van der Waals surface area contributed by atoms with Gasteiger partial charge in [-0.05, 0) is 31.2 Å². The van der Waals surface area contributed by atoms with Gasteiger partial charge in [-0.3, -0.25) is 14.7 Å². The number of hydrogen-bond acceptors (Lipinski definition) is 3. The topological polar surface area (TPSA) is 86.3 Å². The minimum Gasteiger partial charge on any atom is -0.481 e. The SMILES string of the molecule is CC1CC(C(=O)O)CN(C(=O)c2cc(C3CC3)[nH]n2)C1. The van der Waals surface area contributed by atoms with E-state index in [4.69, 9.17) is 5.11 Å². The number of carboxylic acids is 1. The lowest BCUT2D eigenvalue weighted by molar-refractivity contribution is -0.143. The predicted molar refractivity (Wildman–Crippen MR) is 71.4 cm³/mol. The smallest absolute Gasteiger partial charge is 0.308 e. The van der Waals surface area contributed by atoms with Gasteiger partial charge in [-0.1, -0.05) is 6.92 Å². The Morgan fingerprint density at radius 2 is 2.15 bits per heavy atom. The molecule has 2 N–H and O–H groups in total. The van der Waals surface area contributed by atoms with Gasteiger partial charge in [-0.25, -0.2) is 0 Å². The van der Waals surface area contributed by atoms with Crippen LogP contribution in [0.1, 0.15) is 48.3 Å². The Kier molecular flexibility index (Phi) is 3.23. The molecule has 0 aromatic carbocycles. The summed E-state index contributed by atoms with van der Waals surface area (Å²) in [6.45, 7) is 2.87. The summed E-state index contributed by atoms with van der Waals surface area (Å²) in [5.74, 6) is -0.725. The van der Waals surface area contributed by atoms with E-state index in [9.17, 15) is 9.59 Å². The minimum absolute atomic E-state index is 0.161. The predicted octanol–water partition coefficient (Wildman–Crippen LogP) is 1.47. The average Bonchev–Trinajstić information content (AvgIpc) is 3.15. The first kappa shape index (κ1) is 13.1. The fourth-order valence-electron chi connectivity index (χ4n) is 2.91. The van der Waals surface area contributed by atoms with E-state index in [0.29, 0.717) is 24.6 Å². The van der Waals surface area contributed by atoms with Crippen LogP contribution in [0.4, 0.5) is 0 Å². The molecule has 1 aliphatic heterocycles. The van der Waals surface area contributed by atoms with Crippen molar-refractivity contribution in [3.8, 4) is 0 Å². The summed E-state index contributed by atoms with van der Waals surface area (Å²) < 4.78 is 0. The van der Waals surface area contributed by atoms with Crippen molar-refractivity contribution >= 4 is 11.9 Å². The van der Waals surface area contributed by atoms with Gasteiger partial charge in [0.25, 0.3) is 5.91 Å². The van der Waals surface area contributed by atoms with E-state index in [1.807, 2.05) is 13.0 Å². The molecule has 20 heavy (non-hydrogen) atoms.